The molecular weight excluding hydrogens is 352 g/mol. The molecule has 26 heavy (non-hydrogen) atoms. The second-order valence-corrected chi connectivity index (χ2v) is 7.83. The van der Waals surface area contributed by atoms with Crippen LogP contribution in [0.2, 0.25) is 0 Å². The van der Waals surface area contributed by atoms with Gasteiger partial charge in [0.15, 0.2) is 15.4 Å². The van der Waals surface area contributed by atoms with E-state index in [-0.39, 0.29) is 10.7 Å². The molecule has 3 heterocycles. The lowest BCUT2D eigenvalue weighted by Crippen LogP contribution is -1.98. The standard InChI is InChI=1S/C18H14N4O3S/c1-26(23,24)13-4-2-3-11(7-13)12-8-14(17(19)21-9-12)18-22-15-10-20-6-5-16(15)25-18/h2-10H,1H3,(H2,19,21). The fraction of sp³-hybridized carbons (Fsp3) is 0.0556. The lowest BCUT2D eigenvalue weighted by Gasteiger charge is -2.07. The topological polar surface area (TPSA) is 112 Å². The van der Waals surface area contributed by atoms with Gasteiger partial charge in [0.25, 0.3) is 0 Å². The number of aromatic nitrogens is 3. The SMILES string of the molecule is CS(=O)(=O)c1cccc(-c2cnc(N)c(-c3nc4cnccc4o3)c2)c1. The van der Waals surface area contributed by atoms with E-state index in [0.717, 1.165) is 0 Å². The van der Waals surface area contributed by atoms with E-state index in [9.17, 15) is 8.42 Å². The van der Waals surface area contributed by atoms with E-state index in [0.29, 0.717) is 33.7 Å². The van der Waals surface area contributed by atoms with Gasteiger partial charge in [0.05, 0.1) is 16.7 Å². The van der Waals surface area contributed by atoms with Crippen LogP contribution in [0.3, 0.4) is 0 Å². The molecule has 0 atom stereocenters. The minimum Gasteiger partial charge on any atom is -0.436 e. The zero-order valence-electron chi connectivity index (χ0n) is 13.7. The van der Waals surface area contributed by atoms with Gasteiger partial charge < -0.3 is 10.2 Å². The number of pyridine rings is 2. The molecule has 0 fully saturated rings. The van der Waals surface area contributed by atoms with Gasteiger partial charge in [-0.3, -0.25) is 4.98 Å². The van der Waals surface area contributed by atoms with Crippen LogP contribution >= 0.6 is 0 Å². The van der Waals surface area contributed by atoms with E-state index in [1.54, 1.807) is 48.9 Å². The van der Waals surface area contributed by atoms with Gasteiger partial charge in [-0.05, 0) is 23.8 Å². The highest BCUT2D eigenvalue weighted by atomic mass is 32.2. The van der Waals surface area contributed by atoms with Crippen LogP contribution in [0.4, 0.5) is 5.82 Å². The van der Waals surface area contributed by atoms with Crippen molar-refractivity contribution >= 4 is 26.8 Å². The average molecular weight is 366 g/mol. The lowest BCUT2D eigenvalue weighted by molar-refractivity contribution is 0.602. The van der Waals surface area contributed by atoms with Gasteiger partial charge in [-0.1, -0.05) is 12.1 Å². The minimum absolute atomic E-state index is 0.237. The summed E-state index contributed by atoms with van der Waals surface area (Å²) in [7, 11) is -3.30. The summed E-state index contributed by atoms with van der Waals surface area (Å²) in [6, 6.07) is 10.1. The number of hydrogen-bond donors (Lipinski definition) is 1. The summed E-state index contributed by atoms with van der Waals surface area (Å²) in [4.78, 5) is 12.8. The Balaban J connectivity index is 1.84. The maximum Gasteiger partial charge on any atom is 0.231 e. The predicted molar refractivity (Wildman–Crippen MR) is 98.0 cm³/mol. The van der Waals surface area contributed by atoms with Crippen LogP contribution in [0.1, 0.15) is 0 Å². The minimum atomic E-state index is -3.30. The molecule has 0 amide bonds. The number of fused-ring (bicyclic) bond motifs is 1. The number of anilines is 1. The molecule has 0 spiro atoms. The Morgan fingerprint density at radius 1 is 1.08 bits per heavy atom. The van der Waals surface area contributed by atoms with Crippen molar-refractivity contribution in [1.29, 1.82) is 0 Å². The number of nitrogens with two attached hydrogens (primary N) is 1. The predicted octanol–water partition coefficient (Wildman–Crippen LogP) is 2.94. The molecule has 0 saturated heterocycles. The van der Waals surface area contributed by atoms with Crippen LogP contribution in [-0.4, -0.2) is 29.6 Å². The van der Waals surface area contributed by atoms with Gasteiger partial charge in [0.2, 0.25) is 5.89 Å². The Labute approximate surface area is 149 Å². The first-order valence-corrected chi connectivity index (χ1v) is 9.58. The van der Waals surface area contributed by atoms with Crippen LogP contribution in [-0.2, 0) is 9.84 Å². The van der Waals surface area contributed by atoms with E-state index in [1.165, 1.54) is 6.26 Å². The first-order valence-electron chi connectivity index (χ1n) is 7.69. The number of oxazole rings is 1. The van der Waals surface area contributed by atoms with Gasteiger partial charge in [0, 0.05) is 30.3 Å². The van der Waals surface area contributed by atoms with Crippen molar-refractivity contribution in [2.24, 2.45) is 0 Å². The van der Waals surface area contributed by atoms with Crippen molar-refractivity contribution in [3.8, 4) is 22.6 Å². The third kappa shape index (κ3) is 2.91. The fourth-order valence-electron chi connectivity index (χ4n) is 2.61. The molecule has 0 saturated carbocycles. The van der Waals surface area contributed by atoms with Crippen LogP contribution in [0.15, 0.2) is 64.3 Å². The van der Waals surface area contributed by atoms with Gasteiger partial charge in [-0.2, -0.15) is 0 Å². The first-order chi connectivity index (χ1) is 12.4. The molecule has 4 rings (SSSR count). The highest BCUT2D eigenvalue weighted by Crippen LogP contribution is 2.31. The fourth-order valence-corrected chi connectivity index (χ4v) is 3.27. The molecule has 0 radical (unpaired) electrons. The van der Waals surface area contributed by atoms with Crippen molar-refractivity contribution in [2.75, 3.05) is 12.0 Å². The Morgan fingerprint density at radius 3 is 2.69 bits per heavy atom. The normalized spacial score (nSPS) is 11.7. The molecule has 0 unspecified atom stereocenters. The van der Waals surface area contributed by atoms with E-state index < -0.39 is 9.84 Å². The molecule has 1 aromatic carbocycles. The Morgan fingerprint density at radius 2 is 1.92 bits per heavy atom. The molecule has 7 nitrogen and oxygen atoms in total. The summed E-state index contributed by atoms with van der Waals surface area (Å²) in [6.07, 6.45) is 5.98. The zero-order valence-corrected chi connectivity index (χ0v) is 14.6. The van der Waals surface area contributed by atoms with Crippen LogP contribution in [0.25, 0.3) is 33.7 Å². The van der Waals surface area contributed by atoms with Crippen molar-refractivity contribution in [1.82, 2.24) is 15.0 Å². The monoisotopic (exact) mass is 366 g/mol. The molecule has 0 aliphatic carbocycles. The highest BCUT2D eigenvalue weighted by molar-refractivity contribution is 7.90. The van der Waals surface area contributed by atoms with Crippen molar-refractivity contribution in [2.45, 2.75) is 4.90 Å². The molecule has 130 valence electrons. The summed E-state index contributed by atoms with van der Waals surface area (Å²) >= 11 is 0. The second-order valence-electron chi connectivity index (χ2n) is 5.82. The van der Waals surface area contributed by atoms with Gasteiger partial charge in [-0.15, -0.1) is 0 Å². The summed E-state index contributed by atoms with van der Waals surface area (Å²) in [5, 5.41) is 0. The number of rotatable bonds is 3. The third-order valence-corrected chi connectivity index (χ3v) is 5.04. The Kier molecular flexibility index (Phi) is 3.69. The number of nitrogens with zero attached hydrogens (tertiary/aromatic N) is 3. The number of nitrogen functional groups attached to an aromatic ring is 1. The first kappa shape index (κ1) is 16.2. The number of hydrogen-bond acceptors (Lipinski definition) is 7. The molecule has 8 heteroatoms. The molecule has 0 aliphatic heterocycles. The maximum atomic E-state index is 11.8. The Hall–Kier alpha value is -3.26. The molecule has 3 aromatic heterocycles. The molecule has 4 aromatic rings. The molecule has 0 bridgehead atoms. The van der Waals surface area contributed by atoms with E-state index >= 15 is 0 Å². The highest BCUT2D eigenvalue weighted by Gasteiger charge is 2.15. The van der Waals surface area contributed by atoms with E-state index in [4.69, 9.17) is 10.2 Å². The molecular formula is C18H14N4O3S. The average Bonchev–Trinajstić information content (AvgIpc) is 3.05. The van der Waals surface area contributed by atoms with Gasteiger partial charge in [0.1, 0.15) is 11.3 Å². The maximum absolute atomic E-state index is 11.8. The lowest BCUT2D eigenvalue weighted by atomic mass is 10.1. The summed E-state index contributed by atoms with van der Waals surface area (Å²) in [5.41, 5.74) is 9.16. The quantitative estimate of drug-likeness (QED) is 0.593. The zero-order chi connectivity index (χ0) is 18.3. The van der Waals surface area contributed by atoms with E-state index in [1.807, 2.05) is 6.07 Å². The second kappa shape index (κ2) is 5.92. The van der Waals surface area contributed by atoms with Gasteiger partial charge in [-0.25, -0.2) is 18.4 Å². The summed E-state index contributed by atoms with van der Waals surface area (Å²) in [5.74, 6) is 0.603. The smallest absolute Gasteiger partial charge is 0.231 e. The third-order valence-electron chi connectivity index (χ3n) is 3.93. The van der Waals surface area contributed by atoms with Crippen LogP contribution in [0.5, 0.6) is 0 Å². The van der Waals surface area contributed by atoms with Crippen molar-refractivity contribution < 1.29 is 12.8 Å². The largest absolute Gasteiger partial charge is 0.436 e. The number of sulfone groups is 1. The summed E-state index contributed by atoms with van der Waals surface area (Å²) in [6.45, 7) is 0. The van der Waals surface area contributed by atoms with Crippen molar-refractivity contribution in [3.05, 3.63) is 55.0 Å². The van der Waals surface area contributed by atoms with Crippen LogP contribution < -0.4 is 5.73 Å². The summed E-state index contributed by atoms with van der Waals surface area (Å²) < 4.78 is 29.3. The van der Waals surface area contributed by atoms with E-state index in [2.05, 4.69) is 15.0 Å². The van der Waals surface area contributed by atoms with Crippen molar-refractivity contribution in [3.63, 3.8) is 0 Å². The number of benzene rings is 1. The molecule has 2 N–H and O–H groups in total. The van der Waals surface area contributed by atoms with Crippen LogP contribution in [0, 0.1) is 0 Å². The Bertz CT molecular complexity index is 1200. The molecule has 0 aliphatic rings. The van der Waals surface area contributed by atoms with Gasteiger partial charge >= 0.3 is 0 Å².